The number of hydrogen-bond donors (Lipinski definition) is 1. The Morgan fingerprint density at radius 1 is 1.00 bits per heavy atom. The van der Waals surface area contributed by atoms with E-state index in [1.54, 1.807) is 6.07 Å². The van der Waals surface area contributed by atoms with Gasteiger partial charge in [0.1, 0.15) is 5.82 Å². The lowest BCUT2D eigenvalue weighted by molar-refractivity contribution is 0.626. The number of anilines is 1. The number of halogens is 2. The second kappa shape index (κ2) is 6.02. The van der Waals surface area contributed by atoms with Gasteiger partial charge in [0.25, 0.3) is 0 Å². The van der Waals surface area contributed by atoms with Crippen molar-refractivity contribution in [1.82, 2.24) is 4.57 Å². The highest BCUT2D eigenvalue weighted by Gasteiger charge is 2.01. The van der Waals surface area contributed by atoms with Crippen LogP contribution in [-0.2, 0) is 6.54 Å². The Hall–Kier alpha value is -2.26. The summed E-state index contributed by atoms with van der Waals surface area (Å²) >= 11 is 5.85. The molecule has 2 aromatic carbocycles. The lowest BCUT2D eigenvalue weighted by atomic mass is 10.2. The molecular formula is C17H14ClFN2. The van der Waals surface area contributed by atoms with Crippen LogP contribution in [0.4, 0.5) is 10.1 Å². The molecule has 0 aliphatic rings. The van der Waals surface area contributed by atoms with E-state index in [-0.39, 0.29) is 5.82 Å². The predicted molar refractivity (Wildman–Crippen MR) is 84.5 cm³/mol. The summed E-state index contributed by atoms with van der Waals surface area (Å²) in [6, 6.07) is 16.5. The van der Waals surface area contributed by atoms with Gasteiger partial charge in [0.05, 0.1) is 0 Å². The molecule has 1 N–H and O–H groups in total. The van der Waals surface area contributed by atoms with E-state index in [0.29, 0.717) is 11.6 Å². The molecule has 106 valence electrons. The Bertz CT molecular complexity index is 718. The van der Waals surface area contributed by atoms with Crippen molar-refractivity contribution in [2.75, 3.05) is 5.32 Å². The van der Waals surface area contributed by atoms with Gasteiger partial charge in [-0.1, -0.05) is 17.7 Å². The molecule has 1 aromatic heterocycles. The van der Waals surface area contributed by atoms with Crippen molar-refractivity contribution in [1.29, 1.82) is 0 Å². The van der Waals surface area contributed by atoms with E-state index < -0.39 is 0 Å². The smallest absolute Gasteiger partial charge is 0.125 e. The number of rotatable bonds is 4. The fourth-order valence-corrected chi connectivity index (χ4v) is 2.44. The summed E-state index contributed by atoms with van der Waals surface area (Å²) in [4.78, 5) is 0. The topological polar surface area (TPSA) is 17.0 Å². The van der Waals surface area contributed by atoms with E-state index in [1.807, 2.05) is 53.4 Å². The van der Waals surface area contributed by atoms with Gasteiger partial charge in [-0.2, -0.15) is 0 Å². The molecule has 2 nitrogen and oxygen atoms in total. The normalized spacial score (nSPS) is 10.6. The van der Waals surface area contributed by atoms with Crippen molar-refractivity contribution in [3.63, 3.8) is 0 Å². The van der Waals surface area contributed by atoms with Gasteiger partial charge in [-0.3, -0.25) is 0 Å². The zero-order valence-corrected chi connectivity index (χ0v) is 12.0. The molecule has 3 rings (SSSR count). The van der Waals surface area contributed by atoms with Crippen LogP contribution in [0.5, 0.6) is 0 Å². The molecule has 1 heterocycles. The number of nitrogens with one attached hydrogen (secondary N) is 1. The van der Waals surface area contributed by atoms with Crippen molar-refractivity contribution in [2.45, 2.75) is 6.54 Å². The molecule has 4 heteroatoms. The highest BCUT2D eigenvalue weighted by Crippen LogP contribution is 2.18. The molecule has 0 saturated carbocycles. The maximum absolute atomic E-state index is 13.3. The molecule has 0 unspecified atom stereocenters. The summed E-state index contributed by atoms with van der Waals surface area (Å²) in [6.07, 6.45) is 3.98. The lowest BCUT2D eigenvalue weighted by Crippen LogP contribution is -2.01. The van der Waals surface area contributed by atoms with Crippen molar-refractivity contribution in [3.8, 4) is 5.69 Å². The molecule has 0 spiro atoms. The number of hydrogen-bond acceptors (Lipinski definition) is 1. The van der Waals surface area contributed by atoms with Crippen molar-refractivity contribution in [3.05, 3.63) is 83.4 Å². The van der Waals surface area contributed by atoms with Gasteiger partial charge >= 0.3 is 0 Å². The Labute approximate surface area is 127 Å². The summed E-state index contributed by atoms with van der Waals surface area (Å²) in [5.41, 5.74) is 2.86. The van der Waals surface area contributed by atoms with Gasteiger partial charge < -0.3 is 9.88 Å². The molecule has 0 amide bonds. The molecule has 0 radical (unpaired) electrons. The van der Waals surface area contributed by atoms with Crippen LogP contribution in [0.3, 0.4) is 0 Å². The SMILES string of the molecule is Fc1cc(Cl)cc(CNc2cccc(-n3cccc3)c2)c1. The fraction of sp³-hybridized carbons (Fsp3) is 0.0588. The average Bonchev–Trinajstić information content (AvgIpc) is 2.99. The summed E-state index contributed by atoms with van der Waals surface area (Å²) < 4.78 is 15.3. The summed E-state index contributed by atoms with van der Waals surface area (Å²) in [7, 11) is 0. The van der Waals surface area contributed by atoms with Crippen LogP contribution >= 0.6 is 11.6 Å². The Kier molecular flexibility index (Phi) is 3.93. The second-order valence-corrected chi connectivity index (χ2v) is 5.21. The first-order valence-electron chi connectivity index (χ1n) is 6.63. The molecule has 0 saturated heterocycles. The minimum absolute atomic E-state index is 0.319. The van der Waals surface area contributed by atoms with E-state index in [0.717, 1.165) is 16.9 Å². The molecule has 0 bridgehead atoms. The van der Waals surface area contributed by atoms with Gasteiger partial charge in [0, 0.05) is 35.3 Å². The van der Waals surface area contributed by atoms with Gasteiger partial charge in [-0.15, -0.1) is 0 Å². The third-order valence-electron chi connectivity index (χ3n) is 3.17. The van der Waals surface area contributed by atoms with Crippen molar-refractivity contribution in [2.24, 2.45) is 0 Å². The Morgan fingerprint density at radius 2 is 1.81 bits per heavy atom. The van der Waals surface area contributed by atoms with Crippen LogP contribution in [0.2, 0.25) is 5.02 Å². The largest absolute Gasteiger partial charge is 0.381 e. The third-order valence-corrected chi connectivity index (χ3v) is 3.39. The summed E-state index contributed by atoms with van der Waals surface area (Å²) in [6.45, 7) is 0.520. The van der Waals surface area contributed by atoms with Crippen molar-refractivity contribution < 1.29 is 4.39 Å². The monoisotopic (exact) mass is 300 g/mol. The molecule has 0 fully saturated rings. The average molecular weight is 301 g/mol. The van der Waals surface area contributed by atoms with Crippen LogP contribution in [0.1, 0.15) is 5.56 Å². The quantitative estimate of drug-likeness (QED) is 0.726. The van der Waals surface area contributed by atoms with Gasteiger partial charge in [-0.25, -0.2) is 4.39 Å². The first-order valence-corrected chi connectivity index (χ1v) is 7.01. The van der Waals surface area contributed by atoms with Crippen molar-refractivity contribution >= 4 is 17.3 Å². The predicted octanol–water partition coefficient (Wildman–Crippen LogP) is 4.88. The molecule has 0 aliphatic heterocycles. The number of aromatic nitrogens is 1. The lowest BCUT2D eigenvalue weighted by Gasteiger charge is -2.10. The maximum Gasteiger partial charge on any atom is 0.125 e. The van der Waals surface area contributed by atoms with Gasteiger partial charge in [0.2, 0.25) is 0 Å². The van der Waals surface area contributed by atoms with Crippen LogP contribution in [-0.4, -0.2) is 4.57 Å². The van der Waals surface area contributed by atoms with E-state index in [4.69, 9.17) is 11.6 Å². The van der Waals surface area contributed by atoms with E-state index in [2.05, 4.69) is 5.32 Å². The van der Waals surface area contributed by atoms with Crippen LogP contribution in [0.15, 0.2) is 67.0 Å². The zero-order valence-electron chi connectivity index (χ0n) is 11.3. The Balaban J connectivity index is 1.75. The summed E-state index contributed by atoms with van der Waals surface area (Å²) in [5.74, 6) is -0.319. The second-order valence-electron chi connectivity index (χ2n) is 4.77. The molecular weight excluding hydrogens is 287 g/mol. The van der Waals surface area contributed by atoms with Gasteiger partial charge in [-0.05, 0) is 54.1 Å². The zero-order chi connectivity index (χ0) is 14.7. The molecule has 0 aliphatic carbocycles. The number of nitrogens with zero attached hydrogens (tertiary/aromatic N) is 1. The standard InChI is InChI=1S/C17H14ClFN2/c18-14-8-13(9-15(19)10-14)12-20-16-4-3-5-17(11-16)21-6-1-2-7-21/h1-11,20H,12H2. The highest BCUT2D eigenvalue weighted by molar-refractivity contribution is 6.30. The molecule has 3 aromatic rings. The van der Waals surface area contributed by atoms with Gasteiger partial charge in [0.15, 0.2) is 0 Å². The third kappa shape index (κ3) is 3.44. The number of benzene rings is 2. The van der Waals surface area contributed by atoms with E-state index in [1.165, 1.54) is 12.1 Å². The molecule has 0 atom stereocenters. The fourth-order valence-electron chi connectivity index (χ4n) is 2.20. The van der Waals surface area contributed by atoms with Crippen LogP contribution in [0.25, 0.3) is 5.69 Å². The van der Waals surface area contributed by atoms with E-state index >= 15 is 0 Å². The highest BCUT2D eigenvalue weighted by atomic mass is 35.5. The molecule has 21 heavy (non-hydrogen) atoms. The minimum atomic E-state index is -0.319. The van der Waals surface area contributed by atoms with Crippen LogP contribution in [0, 0.1) is 5.82 Å². The van der Waals surface area contributed by atoms with E-state index in [9.17, 15) is 4.39 Å². The first kappa shape index (κ1) is 13.7. The first-order chi connectivity index (χ1) is 10.2. The summed E-state index contributed by atoms with van der Waals surface area (Å²) in [5, 5.41) is 3.69. The maximum atomic E-state index is 13.3. The minimum Gasteiger partial charge on any atom is -0.381 e. The van der Waals surface area contributed by atoms with Crippen LogP contribution < -0.4 is 5.32 Å². The Morgan fingerprint density at radius 3 is 2.57 bits per heavy atom.